The van der Waals surface area contributed by atoms with E-state index in [1.807, 2.05) is 61.5 Å². The van der Waals surface area contributed by atoms with Crippen molar-refractivity contribution in [1.29, 1.82) is 5.26 Å². The Morgan fingerprint density at radius 3 is 2.73 bits per heavy atom. The number of nitrogens with one attached hydrogen (secondary N) is 1. The molecule has 0 spiro atoms. The van der Waals surface area contributed by atoms with E-state index in [0.29, 0.717) is 27.1 Å². The van der Waals surface area contributed by atoms with Crippen molar-refractivity contribution in [3.05, 3.63) is 93.9 Å². The Morgan fingerprint density at radius 2 is 1.94 bits per heavy atom. The number of ether oxygens (including phenoxy) is 2. The van der Waals surface area contributed by atoms with Gasteiger partial charge in [0, 0.05) is 5.56 Å². The summed E-state index contributed by atoms with van der Waals surface area (Å²) in [7, 11) is 1.56. The average Bonchev–Trinajstić information content (AvgIpc) is 3.16. The Hall–Kier alpha value is -4.02. The van der Waals surface area contributed by atoms with Crippen molar-refractivity contribution in [2.75, 3.05) is 7.11 Å². The molecule has 0 aromatic heterocycles. The average molecular weight is 456 g/mol. The monoisotopic (exact) mass is 455 g/mol. The SMILES string of the molecule is COc1cc(/C=C2\SC(=Nc3cccc(C)c3)NC2=O)ccc1OCc1ccccc1C#N. The molecule has 164 valence electrons. The predicted octanol–water partition coefficient (Wildman–Crippen LogP) is 5.35. The molecular formula is C26H21N3O3S. The number of nitrogens with zero attached hydrogens (tertiary/aromatic N) is 2. The summed E-state index contributed by atoms with van der Waals surface area (Å²) in [5.74, 6) is 0.896. The summed E-state index contributed by atoms with van der Waals surface area (Å²) >= 11 is 1.29. The van der Waals surface area contributed by atoms with Gasteiger partial charge in [0.25, 0.3) is 5.91 Å². The zero-order valence-corrected chi connectivity index (χ0v) is 19.0. The Balaban J connectivity index is 1.50. The van der Waals surface area contributed by atoms with E-state index < -0.39 is 0 Å². The molecule has 33 heavy (non-hydrogen) atoms. The fraction of sp³-hybridized carbons (Fsp3) is 0.115. The van der Waals surface area contributed by atoms with E-state index in [2.05, 4.69) is 16.4 Å². The highest BCUT2D eigenvalue weighted by Crippen LogP contribution is 2.33. The molecule has 1 aliphatic heterocycles. The van der Waals surface area contributed by atoms with Crippen molar-refractivity contribution in [3.63, 3.8) is 0 Å². The van der Waals surface area contributed by atoms with E-state index in [-0.39, 0.29) is 12.5 Å². The van der Waals surface area contributed by atoms with Crippen molar-refractivity contribution in [2.45, 2.75) is 13.5 Å². The molecule has 0 unspecified atom stereocenters. The summed E-state index contributed by atoms with van der Waals surface area (Å²) < 4.78 is 11.4. The van der Waals surface area contributed by atoms with Crippen molar-refractivity contribution >= 4 is 34.6 Å². The van der Waals surface area contributed by atoms with Crippen LogP contribution in [0.5, 0.6) is 11.5 Å². The zero-order chi connectivity index (χ0) is 23.2. The summed E-state index contributed by atoms with van der Waals surface area (Å²) in [4.78, 5) is 17.5. The van der Waals surface area contributed by atoms with Gasteiger partial charge >= 0.3 is 0 Å². The van der Waals surface area contributed by atoms with Crippen LogP contribution in [0.2, 0.25) is 0 Å². The van der Waals surface area contributed by atoms with Crippen LogP contribution in [-0.2, 0) is 11.4 Å². The third-order valence-electron chi connectivity index (χ3n) is 4.89. The van der Waals surface area contributed by atoms with Gasteiger partial charge in [-0.1, -0.05) is 36.4 Å². The molecule has 0 atom stereocenters. The summed E-state index contributed by atoms with van der Waals surface area (Å²) in [5, 5.41) is 12.6. The van der Waals surface area contributed by atoms with Gasteiger partial charge < -0.3 is 14.8 Å². The molecule has 0 bridgehead atoms. The van der Waals surface area contributed by atoms with E-state index in [4.69, 9.17) is 9.47 Å². The Bertz CT molecular complexity index is 1310. The van der Waals surface area contributed by atoms with E-state index >= 15 is 0 Å². The number of aliphatic imine (C=N–C) groups is 1. The van der Waals surface area contributed by atoms with Crippen molar-refractivity contribution < 1.29 is 14.3 Å². The Morgan fingerprint density at radius 1 is 1.09 bits per heavy atom. The Labute approximate surface area is 196 Å². The van der Waals surface area contributed by atoms with Crippen molar-refractivity contribution in [2.24, 2.45) is 4.99 Å². The fourth-order valence-electron chi connectivity index (χ4n) is 3.25. The number of rotatable bonds is 6. The molecule has 1 aliphatic rings. The molecule has 1 amide bonds. The van der Waals surface area contributed by atoms with Crippen molar-refractivity contribution in [3.8, 4) is 17.6 Å². The lowest BCUT2D eigenvalue weighted by atomic mass is 10.1. The van der Waals surface area contributed by atoms with Crippen LogP contribution in [0.3, 0.4) is 0 Å². The second kappa shape index (κ2) is 10.1. The van der Waals surface area contributed by atoms with Gasteiger partial charge in [-0.05, 0) is 66.2 Å². The van der Waals surface area contributed by atoms with Crippen LogP contribution in [0.25, 0.3) is 6.08 Å². The maximum absolute atomic E-state index is 12.4. The molecule has 7 heteroatoms. The van der Waals surface area contributed by atoms with E-state index in [0.717, 1.165) is 22.4 Å². The number of methoxy groups -OCH3 is 1. The lowest BCUT2D eigenvalue weighted by Gasteiger charge is -2.12. The predicted molar refractivity (Wildman–Crippen MR) is 130 cm³/mol. The number of thioether (sulfide) groups is 1. The minimum absolute atomic E-state index is 0.196. The normalized spacial score (nSPS) is 15.4. The molecule has 1 heterocycles. The smallest absolute Gasteiger partial charge is 0.264 e. The fourth-order valence-corrected chi connectivity index (χ4v) is 4.09. The highest BCUT2D eigenvalue weighted by molar-refractivity contribution is 8.18. The molecule has 4 rings (SSSR count). The van der Waals surface area contributed by atoms with E-state index in [1.54, 1.807) is 25.3 Å². The van der Waals surface area contributed by atoms with E-state index in [9.17, 15) is 10.1 Å². The van der Waals surface area contributed by atoms with Crippen LogP contribution < -0.4 is 14.8 Å². The second-order valence-electron chi connectivity index (χ2n) is 7.29. The van der Waals surface area contributed by atoms with Crippen molar-refractivity contribution in [1.82, 2.24) is 5.32 Å². The van der Waals surface area contributed by atoms with Gasteiger partial charge in [-0.2, -0.15) is 5.26 Å². The number of hydrogen-bond donors (Lipinski definition) is 1. The van der Waals surface area contributed by atoms with Gasteiger partial charge in [-0.15, -0.1) is 0 Å². The van der Waals surface area contributed by atoms with E-state index in [1.165, 1.54) is 11.8 Å². The molecule has 3 aromatic rings. The number of amides is 1. The topological polar surface area (TPSA) is 83.7 Å². The molecule has 0 saturated carbocycles. The molecule has 1 N–H and O–H groups in total. The molecule has 6 nitrogen and oxygen atoms in total. The van der Waals surface area contributed by atoms with Gasteiger partial charge in [-0.25, -0.2) is 4.99 Å². The number of carbonyl (C=O) groups excluding carboxylic acids is 1. The minimum Gasteiger partial charge on any atom is -0.493 e. The second-order valence-corrected chi connectivity index (χ2v) is 8.32. The number of nitriles is 1. The summed E-state index contributed by atoms with van der Waals surface area (Å²) in [5.41, 5.74) is 4.07. The van der Waals surface area contributed by atoms with Crippen LogP contribution in [0.4, 0.5) is 5.69 Å². The first kappa shape index (κ1) is 22.2. The summed E-state index contributed by atoms with van der Waals surface area (Å²) in [6.45, 7) is 2.25. The van der Waals surface area contributed by atoms with Crippen LogP contribution in [0, 0.1) is 18.3 Å². The lowest BCUT2D eigenvalue weighted by Crippen LogP contribution is -2.19. The summed E-state index contributed by atoms with van der Waals surface area (Å²) in [6, 6.07) is 22.7. The molecule has 3 aromatic carbocycles. The highest BCUT2D eigenvalue weighted by atomic mass is 32.2. The highest BCUT2D eigenvalue weighted by Gasteiger charge is 2.24. The number of amidine groups is 1. The Kier molecular flexibility index (Phi) is 6.77. The van der Waals surface area contributed by atoms with Gasteiger partial charge in [0.1, 0.15) is 6.61 Å². The molecule has 1 fully saturated rings. The summed E-state index contributed by atoms with van der Waals surface area (Å²) in [6.07, 6.45) is 1.79. The van der Waals surface area contributed by atoms with Gasteiger partial charge in [0.15, 0.2) is 16.7 Å². The number of benzene rings is 3. The maximum Gasteiger partial charge on any atom is 0.264 e. The van der Waals surface area contributed by atoms with Gasteiger partial charge in [0.2, 0.25) is 0 Å². The molecule has 0 radical (unpaired) electrons. The third-order valence-corrected chi connectivity index (χ3v) is 5.80. The molecule has 1 saturated heterocycles. The number of carbonyl (C=O) groups is 1. The first-order chi connectivity index (χ1) is 16.1. The van der Waals surface area contributed by atoms with Crippen LogP contribution in [0.1, 0.15) is 22.3 Å². The standard InChI is InChI=1S/C26H21N3O3S/c1-17-6-5-9-21(12-17)28-26-29-25(30)24(33-26)14-18-10-11-22(23(13-18)31-2)32-16-20-8-4-3-7-19(20)15-27/h3-14H,16H2,1-2H3,(H,28,29,30)/b24-14-. The lowest BCUT2D eigenvalue weighted by molar-refractivity contribution is -0.115. The first-order valence-corrected chi connectivity index (χ1v) is 11.0. The molecular weight excluding hydrogens is 434 g/mol. The zero-order valence-electron chi connectivity index (χ0n) is 18.2. The quantitative estimate of drug-likeness (QED) is 0.507. The maximum atomic E-state index is 12.4. The minimum atomic E-state index is -0.196. The van der Waals surface area contributed by atoms with Crippen LogP contribution >= 0.6 is 11.8 Å². The third kappa shape index (κ3) is 5.43. The molecule has 0 aliphatic carbocycles. The van der Waals surface area contributed by atoms with Crippen LogP contribution in [-0.4, -0.2) is 18.2 Å². The van der Waals surface area contributed by atoms with Crippen LogP contribution in [0.15, 0.2) is 76.6 Å². The number of aryl methyl sites for hydroxylation is 1. The number of hydrogen-bond acceptors (Lipinski definition) is 6. The largest absolute Gasteiger partial charge is 0.493 e. The van der Waals surface area contributed by atoms with Gasteiger partial charge in [-0.3, -0.25) is 4.79 Å². The first-order valence-electron chi connectivity index (χ1n) is 10.2. The van der Waals surface area contributed by atoms with Gasteiger partial charge in [0.05, 0.1) is 29.3 Å².